The highest BCUT2D eigenvalue weighted by molar-refractivity contribution is 9.10. The minimum atomic E-state index is 0.453. The zero-order chi connectivity index (χ0) is 6.15. The number of nitrogens with one attached hydrogen (secondary N) is 1. The minimum Gasteiger partial charge on any atom is -0.369 e. The Balaban J connectivity index is 3.14. The van der Waals surface area contributed by atoms with Crippen molar-refractivity contribution in [3.63, 3.8) is 0 Å². The molecule has 0 saturated heterocycles. The fourth-order valence-corrected chi connectivity index (χ4v) is 0.751. The molecule has 3 nitrogen and oxygen atoms in total. The van der Waals surface area contributed by atoms with Crippen LogP contribution in [0.1, 0.15) is 5.69 Å². The summed E-state index contributed by atoms with van der Waals surface area (Å²) in [4.78, 5) is 6.68. The lowest BCUT2D eigenvalue weighted by atomic mass is 10.6. The van der Waals surface area contributed by atoms with E-state index in [2.05, 4.69) is 25.9 Å². The van der Waals surface area contributed by atoms with Gasteiger partial charge in [0.1, 0.15) is 4.60 Å². The fraction of sp³-hybridized carbons (Fsp3) is 0.250. The predicted octanol–water partition coefficient (Wildman–Crippen LogP) is 1.06. The smallest absolute Gasteiger partial charge is 0.198 e. The van der Waals surface area contributed by atoms with Crippen LogP contribution < -0.4 is 5.73 Å². The molecule has 1 heterocycles. The van der Waals surface area contributed by atoms with Crippen molar-refractivity contribution in [2.24, 2.45) is 0 Å². The number of hydrogen-bond donors (Lipinski definition) is 2. The maximum Gasteiger partial charge on any atom is 0.198 e. The van der Waals surface area contributed by atoms with Gasteiger partial charge in [0.15, 0.2) is 5.95 Å². The first-order valence-corrected chi connectivity index (χ1v) is 2.97. The van der Waals surface area contributed by atoms with E-state index >= 15 is 0 Å². The van der Waals surface area contributed by atoms with Gasteiger partial charge in [-0.05, 0) is 22.9 Å². The number of aromatic amines is 1. The molecule has 1 aromatic heterocycles. The van der Waals surface area contributed by atoms with E-state index in [4.69, 9.17) is 5.73 Å². The normalized spacial score (nSPS) is 9.75. The molecule has 0 fully saturated rings. The third kappa shape index (κ3) is 0.838. The van der Waals surface area contributed by atoms with E-state index in [0.29, 0.717) is 5.95 Å². The molecule has 0 aromatic carbocycles. The molecular weight excluding hydrogens is 170 g/mol. The fourth-order valence-electron chi connectivity index (χ4n) is 0.461. The first kappa shape index (κ1) is 5.62. The van der Waals surface area contributed by atoms with Gasteiger partial charge in [-0.3, -0.25) is 0 Å². The first-order valence-electron chi connectivity index (χ1n) is 2.17. The molecule has 0 unspecified atom stereocenters. The van der Waals surface area contributed by atoms with Gasteiger partial charge in [-0.1, -0.05) is 0 Å². The maximum atomic E-state index is 5.28. The molecule has 0 spiro atoms. The Bertz CT molecular complexity index is 174. The maximum absolute atomic E-state index is 5.28. The van der Waals surface area contributed by atoms with Crippen LogP contribution in [-0.2, 0) is 0 Å². The second-order valence-corrected chi connectivity index (χ2v) is 2.29. The molecule has 1 rings (SSSR count). The van der Waals surface area contributed by atoms with Crippen LogP contribution in [0, 0.1) is 6.92 Å². The third-order valence-electron chi connectivity index (χ3n) is 0.844. The average molecular weight is 176 g/mol. The van der Waals surface area contributed by atoms with E-state index in [-0.39, 0.29) is 0 Å². The molecule has 0 aliphatic heterocycles. The van der Waals surface area contributed by atoms with E-state index in [1.54, 1.807) is 0 Å². The van der Waals surface area contributed by atoms with Gasteiger partial charge >= 0.3 is 0 Å². The number of imidazole rings is 1. The topological polar surface area (TPSA) is 54.7 Å². The van der Waals surface area contributed by atoms with Crippen LogP contribution in [-0.4, -0.2) is 9.97 Å². The van der Waals surface area contributed by atoms with Crippen LogP contribution in [0.25, 0.3) is 0 Å². The Morgan fingerprint density at radius 2 is 2.38 bits per heavy atom. The van der Waals surface area contributed by atoms with Gasteiger partial charge in [-0.15, -0.1) is 0 Å². The van der Waals surface area contributed by atoms with Gasteiger partial charge in [-0.25, -0.2) is 4.98 Å². The monoisotopic (exact) mass is 175 g/mol. The molecule has 44 valence electrons. The van der Waals surface area contributed by atoms with E-state index in [1.807, 2.05) is 6.92 Å². The molecule has 8 heavy (non-hydrogen) atoms. The van der Waals surface area contributed by atoms with Crippen LogP contribution >= 0.6 is 15.9 Å². The molecule has 3 N–H and O–H groups in total. The predicted molar refractivity (Wildman–Crippen MR) is 35.4 cm³/mol. The highest BCUT2D eigenvalue weighted by Gasteiger charge is 1.96. The van der Waals surface area contributed by atoms with Crippen LogP contribution in [0.3, 0.4) is 0 Å². The number of nitrogen functional groups attached to an aromatic ring is 1. The summed E-state index contributed by atoms with van der Waals surface area (Å²) in [6, 6.07) is 0. The van der Waals surface area contributed by atoms with Crippen molar-refractivity contribution < 1.29 is 0 Å². The molecular formula is C4H6BrN3. The summed E-state index contributed by atoms with van der Waals surface area (Å²) in [6.07, 6.45) is 0. The van der Waals surface area contributed by atoms with Gasteiger partial charge in [-0.2, -0.15) is 0 Å². The molecule has 0 aliphatic carbocycles. The van der Waals surface area contributed by atoms with E-state index in [1.165, 1.54) is 0 Å². The van der Waals surface area contributed by atoms with E-state index in [9.17, 15) is 0 Å². The van der Waals surface area contributed by atoms with Crippen molar-refractivity contribution in [3.8, 4) is 0 Å². The summed E-state index contributed by atoms with van der Waals surface area (Å²) in [6.45, 7) is 1.90. The van der Waals surface area contributed by atoms with Crippen molar-refractivity contribution in [1.29, 1.82) is 0 Å². The number of nitrogens with zero attached hydrogens (tertiary/aromatic N) is 1. The van der Waals surface area contributed by atoms with Gasteiger partial charge in [0.25, 0.3) is 0 Å². The minimum absolute atomic E-state index is 0.453. The summed E-state index contributed by atoms with van der Waals surface area (Å²) in [5.41, 5.74) is 6.24. The molecule has 0 radical (unpaired) electrons. The molecule has 0 saturated carbocycles. The van der Waals surface area contributed by atoms with Crippen LogP contribution in [0.5, 0.6) is 0 Å². The Labute approximate surface area is 55.4 Å². The summed E-state index contributed by atoms with van der Waals surface area (Å²) in [5.74, 6) is 0.453. The number of aryl methyl sites for hydroxylation is 1. The Morgan fingerprint density at radius 1 is 1.75 bits per heavy atom. The van der Waals surface area contributed by atoms with Crippen molar-refractivity contribution in [3.05, 3.63) is 10.3 Å². The van der Waals surface area contributed by atoms with Crippen molar-refractivity contribution in [1.82, 2.24) is 9.97 Å². The highest BCUT2D eigenvalue weighted by atomic mass is 79.9. The van der Waals surface area contributed by atoms with Gasteiger partial charge in [0, 0.05) is 5.69 Å². The summed E-state index contributed by atoms with van der Waals surface area (Å²) in [7, 11) is 0. The van der Waals surface area contributed by atoms with Crippen LogP contribution in [0.2, 0.25) is 0 Å². The Morgan fingerprint density at radius 3 is 2.50 bits per heavy atom. The zero-order valence-corrected chi connectivity index (χ0v) is 5.99. The highest BCUT2D eigenvalue weighted by Crippen LogP contribution is 2.11. The number of aromatic nitrogens is 2. The zero-order valence-electron chi connectivity index (χ0n) is 4.40. The quantitative estimate of drug-likeness (QED) is 0.620. The lowest BCUT2D eigenvalue weighted by Gasteiger charge is -1.77. The summed E-state index contributed by atoms with van der Waals surface area (Å²) < 4.78 is 0.787. The first-order chi connectivity index (χ1) is 3.70. The Kier molecular flexibility index (Phi) is 1.25. The lowest BCUT2D eigenvalue weighted by Crippen LogP contribution is -1.84. The second kappa shape index (κ2) is 1.78. The van der Waals surface area contributed by atoms with E-state index in [0.717, 1.165) is 10.3 Å². The van der Waals surface area contributed by atoms with Crippen molar-refractivity contribution in [2.45, 2.75) is 6.92 Å². The van der Waals surface area contributed by atoms with Crippen LogP contribution in [0.4, 0.5) is 5.95 Å². The van der Waals surface area contributed by atoms with Crippen LogP contribution in [0.15, 0.2) is 4.60 Å². The molecule has 0 atom stereocenters. The van der Waals surface area contributed by atoms with Crippen molar-refractivity contribution >= 4 is 21.9 Å². The van der Waals surface area contributed by atoms with Crippen molar-refractivity contribution in [2.75, 3.05) is 5.73 Å². The third-order valence-corrected chi connectivity index (χ3v) is 1.62. The standard InChI is InChI=1S/C4H6BrN3/c1-2-3(5)8-4(6)7-2/h1H3,(H3,6,7,8). The SMILES string of the molecule is Cc1[nH]c(N)nc1Br. The molecule has 0 bridgehead atoms. The number of hydrogen-bond acceptors (Lipinski definition) is 2. The van der Waals surface area contributed by atoms with Gasteiger partial charge in [0.2, 0.25) is 0 Å². The Hall–Kier alpha value is -0.510. The molecule has 0 amide bonds. The van der Waals surface area contributed by atoms with Gasteiger partial charge in [0.05, 0.1) is 0 Å². The summed E-state index contributed by atoms with van der Waals surface area (Å²) >= 11 is 3.19. The number of anilines is 1. The molecule has 1 aromatic rings. The average Bonchev–Trinajstić information content (AvgIpc) is 1.85. The number of rotatable bonds is 0. The second-order valence-electron chi connectivity index (χ2n) is 1.54. The largest absolute Gasteiger partial charge is 0.369 e. The molecule has 0 aliphatic rings. The molecule has 4 heteroatoms. The summed E-state index contributed by atoms with van der Waals surface area (Å²) in [5, 5.41) is 0. The number of halogens is 1. The van der Waals surface area contributed by atoms with E-state index < -0.39 is 0 Å². The number of H-pyrrole nitrogens is 1. The van der Waals surface area contributed by atoms with Gasteiger partial charge < -0.3 is 10.7 Å². The number of nitrogens with two attached hydrogens (primary N) is 1. The lowest BCUT2D eigenvalue weighted by molar-refractivity contribution is 1.26.